The van der Waals surface area contributed by atoms with Gasteiger partial charge in [0.2, 0.25) is 5.91 Å². The summed E-state index contributed by atoms with van der Waals surface area (Å²) in [5, 5.41) is 0. The molecule has 1 unspecified atom stereocenters. The van der Waals surface area contributed by atoms with E-state index in [2.05, 4.69) is 9.64 Å². The fourth-order valence-corrected chi connectivity index (χ4v) is 5.03. The summed E-state index contributed by atoms with van der Waals surface area (Å²) in [5.74, 6) is 0.432. The Balaban J connectivity index is 1.71. The minimum Gasteiger partial charge on any atom is -0.493 e. The number of hydrogen-bond acceptors (Lipinski definition) is 5. The third kappa shape index (κ3) is 6.17. The quantitative estimate of drug-likeness (QED) is 0.416. The average Bonchev–Trinajstić information content (AvgIpc) is 2.86. The zero-order chi connectivity index (χ0) is 26.6. The number of aryl methyl sites for hydroxylation is 1. The lowest BCUT2D eigenvalue weighted by atomic mass is 9.86. The number of primary amides is 1. The largest absolute Gasteiger partial charge is 0.573 e. The fourth-order valence-electron chi connectivity index (χ4n) is 5.03. The minimum atomic E-state index is -4.77. The topological polar surface area (TPSA) is 74.0 Å². The molecule has 9 heteroatoms. The van der Waals surface area contributed by atoms with Crippen LogP contribution in [0.4, 0.5) is 13.2 Å². The van der Waals surface area contributed by atoms with Gasteiger partial charge in [0, 0.05) is 12.6 Å². The minimum absolute atomic E-state index is 0.256. The molecule has 0 saturated heterocycles. The number of rotatable bonds is 9. The normalized spacial score (nSPS) is 16.5. The summed E-state index contributed by atoms with van der Waals surface area (Å²) in [6.07, 6.45) is -3.13. The highest BCUT2D eigenvalue weighted by Gasteiger charge is 2.36. The lowest BCUT2D eigenvalue weighted by molar-refractivity contribution is -0.274. The summed E-state index contributed by atoms with van der Waals surface area (Å²) in [6.45, 7) is 0.562. The van der Waals surface area contributed by atoms with Crippen molar-refractivity contribution in [3.05, 3.63) is 89.0 Å². The van der Waals surface area contributed by atoms with E-state index in [0.717, 1.165) is 16.7 Å². The summed E-state index contributed by atoms with van der Waals surface area (Å²) in [4.78, 5) is 14.8. The molecular formula is C28H29F3N2O4. The Hall–Kier alpha value is -3.72. The molecule has 0 bridgehead atoms. The van der Waals surface area contributed by atoms with Gasteiger partial charge in [0.15, 0.2) is 11.5 Å². The standard InChI is InChI=1S/C28H29F3N2O4/c1-35-24-16-20-13-14-33(26(27(32)34)19-8-4-3-5-9-19)23(22(20)17-25(24)36-2)12-11-18-7-6-10-21(15-18)37-28(29,30)31/h3-10,15-17,23,26H,11-14H2,1-2H3,(H2,32,34)/t23-,26?/m0/s1. The SMILES string of the molecule is COc1cc2c(cc1OC)[C@H](CCc1cccc(OC(F)(F)F)c1)N(C(C(N)=O)c1ccccc1)CC2. The molecule has 4 rings (SSSR count). The molecule has 1 aliphatic heterocycles. The number of methoxy groups -OCH3 is 2. The second-order valence-corrected chi connectivity index (χ2v) is 8.86. The maximum atomic E-state index is 12.7. The Labute approximate surface area is 213 Å². The predicted molar refractivity (Wildman–Crippen MR) is 133 cm³/mol. The van der Waals surface area contributed by atoms with Crippen molar-refractivity contribution in [2.24, 2.45) is 5.73 Å². The number of nitrogens with two attached hydrogens (primary N) is 1. The van der Waals surface area contributed by atoms with Gasteiger partial charge in [-0.05, 0) is 65.8 Å². The van der Waals surface area contributed by atoms with Gasteiger partial charge in [-0.15, -0.1) is 13.2 Å². The van der Waals surface area contributed by atoms with Crippen molar-refractivity contribution >= 4 is 5.91 Å². The summed E-state index contributed by atoms with van der Waals surface area (Å²) >= 11 is 0. The lowest BCUT2D eigenvalue weighted by Gasteiger charge is -2.41. The molecule has 1 heterocycles. The molecular weight excluding hydrogens is 485 g/mol. The first kappa shape index (κ1) is 26.3. The third-order valence-electron chi connectivity index (χ3n) is 6.60. The molecule has 0 fully saturated rings. The van der Waals surface area contributed by atoms with Gasteiger partial charge in [0.25, 0.3) is 0 Å². The number of halogens is 3. The smallest absolute Gasteiger partial charge is 0.493 e. The van der Waals surface area contributed by atoms with Crippen molar-refractivity contribution in [3.8, 4) is 17.2 Å². The van der Waals surface area contributed by atoms with E-state index in [1.165, 1.54) is 18.2 Å². The van der Waals surface area contributed by atoms with E-state index < -0.39 is 18.3 Å². The van der Waals surface area contributed by atoms with Crippen molar-refractivity contribution in [1.29, 1.82) is 0 Å². The molecule has 3 aromatic rings. The molecule has 0 aliphatic carbocycles. The first-order valence-corrected chi connectivity index (χ1v) is 11.9. The van der Waals surface area contributed by atoms with Crippen LogP contribution in [0.2, 0.25) is 0 Å². The maximum Gasteiger partial charge on any atom is 0.573 e. The Morgan fingerprint density at radius 3 is 2.38 bits per heavy atom. The molecule has 1 aliphatic rings. The summed E-state index contributed by atoms with van der Waals surface area (Å²) in [6, 6.07) is 18.2. The Bertz CT molecular complexity index is 1230. The van der Waals surface area contributed by atoms with Gasteiger partial charge < -0.3 is 19.9 Å². The van der Waals surface area contributed by atoms with Crippen LogP contribution >= 0.6 is 0 Å². The second-order valence-electron chi connectivity index (χ2n) is 8.86. The van der Waals surface area contributed by atoms with Crippen molar-refractivity contribution < 1.29 is 32.2 Å². The number of alkyl halides is 3. The number of ether oxygens (including phenoxy) is 3. The van der Waals surface area contributed by atoms with Crippen LogP contribution in [0.1, 0.15) is 40.8 Å². The number of carbonyl (C=O) groups excluding carboxylic acids is 1. The molecule has 0 spiro atoms. The van der Waals surface area contributed by atoms with Crippen molar-refractivity contribution in [2.45, 2.75) is 37.7 Å². The maximum absolute atomic E-state index is 12.7. The number of hydrogen-bond donors (Lipinski definition) is 1. The second kappa shape index (κ2) is 11.1. The van der Waals surface area contributed by atoms with E-state index >= 15 is 0 Å². The molecule has 2 N–H and O–H groups in total. The van der Waals surface area contributed by atoms with E-state index in [-0.39, 0.29) is 11.8 Å². The zero-order valence-corrected chi connectivity index (χ0v) is 20.6. The molecule has 37 heavy (non-hydrogen) atoms. The predicted octanol–water partition coefficient (Wildman–Crippen LogP) is 5.36. The fraction of sp³-hybridized carbons (Fsp3) is 0.321. The van der Waals surface area contributed by atoms with Gasteiger partial charge in [0.05, 0.1) is 14.2 Å². The van der Waals surface area contributed by atoms with Crippen LogP contribution in [0.15, 0.2) is 66.7 Å². The first-order valence-electron chi connectivity index (χ1n) is 11.9. The number of fused-ring (bicyclic) bond motifs is 1. The first-order chi connectivity index (χ1) is 17.7. The highest BCUT2D eigenvalue weighted by Crippen LogP contribution is 2.43. The van der Waals surface area contributed by atoms with Crippen LogP contribution in [0.5, 0.6) is 17.2 Å². The van der Waals surface area contributed by atoms with E-state index in [0.29, 0.717) is 42.9 Å². The van der Waals surface area contributed by atoms with Crippen LogP contribution in [0, 0.1) is 0 Å². The van der Waals surface area contributed by atoms with E-state index in [1.54, 1.807) is 20.3 Å². The molecule has 6 nitrogen and oxygen atoms in total. The van der Waals surface area contributed by atoms with Gasteiger partial charge in [-0.2, -0.15) is 0 Å². The zero-order valence-electron chi connectivity index (χ0n) is 20.6. The van der Waals surface area contributed by atoms with Gasteiger partial charge in [-0.1, -0.05) is 42.5 Å². The van der Waals surface area contributed by atoms with Crippen molar-refractivity contribution in [1.82, 2.24) is 4.90 Å². The van der Waals surface area contributed by atoms with E-state index in [9.17, 15) is 18.0 Å². The van der Waals surface area contributed by atoms with Crippen LogP contribution in [-0.2, 0) is 17.6 Å². The van der Waals surface area contributed by atoms with Crippen LogP contribution in [-0.4, -0.2) is 37.9 Å². The van der Waals surface area contributed by atoms with Crippen molar-refractivity contribution in [2.75, 3.05) is 20.8 Å². The van der Waals surface area contributed by atoms with E-state index in [1.807, 2.05) is 42.5 Å². The molecule has 2 atom stereocenters. The highest BCUT2D eigenvalue weighted by molar-refractivity contribution is 5.81. The third-order valence-corrected chi connectivity index (χ3v) is 6.60. The van der Waals surface area contributed by atoms with Gasteiger partial charge in [-0.25, -0.2) is 0 Å². The molecule has 3 aromatic carbocycles. The lowest BCUT2D eigenvalue weighted by Crippen LogP contribution is -2.44. The number of carbonyl (C=O) groups is 1. The monoisotopic (exact) mass is 514 g/mol. The summed E-state index contributed by atoms with van der Waals surface area (Å²) in [5.41, 5.74) is 9.41. The Morgan fingerprint density at radius 1 is 1.03 bits per heavy atom. The van der Waals surface area contributed by atoms with Crippen LogP contribution in [0.25, 0.3) is 0 Å². The summed E-state index contributed by atoms with van der Waals surface area (Å²) in [7, 11) is 3.13. The highest BCUT2D eigenvalue weighted by atomic mass is 19.4. The molecule has 0 radical (unpaired) electrons. The Kier molecular flexibility index (Phi) is 7.92. The van der Waals surface area contributed by atoms with Gasteiger partial charge in [-0.3, -0.25) is 9.69 Å². The molecule has 0 saturated carbocycles. The van der Waals surface area contributed by atoms with Crippen LogP contribution in [0.3, 0.4) is 0 Å². The number of amides is 1. The number of nitrogens with zero attached hydrogens (tertiary/aromatic N) is 1. The molecule has 1 amide bonds. The van der Waals surface area contributed by atoms with Gasteiger partial charge >= 0.3 is 6.36 Å². The Morgan fingerprint density at radius 2 is 1.73 bits per heavy atom. The molecule has 196 valence electrons. The molecule has 0 aromatic heterocycles. The summed E-state index contributed by atoms with van der Waals surface area (Å²) < 4.78 is 53.3. The van der Waals surface area contributed by atoms with Gasteiger partial charge in [0.1, 0.15) is 11.8 Å². The number of benzene rings is 3. The van der Waals surface area contributed by atoms with Crippen LogP contribution < -0.4 is 19.9 Å². The average molecular weight is 515 g/mol. The van der Waals surface area contributed by atoms with Crippen molar-refractivity contribution in [3.63, 3.8) is 0 Å². The van der Waals surface area contributed by atoms with E-state index in [4.69, 9.17) is 15.2 Å².